The third-order valence-electron chi connectivity index (χ3n) is 3.04. The molecule has 0 bridgehead atoms. The van der Waals surface area contributed by atoms with Gasteiger partial charge < -0.3 is 10.6 Å². The first-order valence-corrected chi connectivity index (χ1v) is 8.26. The molecular weight excluding hydrogens is 323 g/mol. The molecule has 3 nitrogen and oxygen atoms in total. The molecule has 0 radical (unpaired) electrons. The van der Waals surface area contributed by atoms with Crippen molar-refractivity contribution in [1.82, 2.24) is 0 Å². The van der Waals surface area contributed by atoms with Gasteiger partial charge in [-0.2, -0.15) is 0 Å². The van der Waals surface area contributed by atoms with Crippen LogP contribution >= 0.6 is 23.4 Å². The highest BCUT2D eigenvalue weighted by Gasteiger charge is 2.14. The van der Waals surface area contributed by atoms with Crippen LogP contribution in [0.1, 0.15) is 6.92 Å². The summed E-state index contributed by atoms with van der Waals surface area (Å²) in [7, 11) is 0. The second-order valence-corrected chi connectivity index (χ2v) is 6.00. The fourth-order valence-corrected chi connectivity index (χ4v) is 2.53. The van der Waals surface area contributed by atoms with Crippen molar-refractivity contribution in [3.8, 4) is 0 Å². The Morgan fingerprint density at radius 3 is 2.73 bits per heavy atom. The highest BCUT2D eigenvalue weighted by Crippen LogP contribution is 2.23. The van der Waals surface area contributed by atoms with Crippen molar-refractivity contribution in [3.05, 3.63) is 53.3 Å². The largest absolute Gasteiger partial charge is 0.374 e. The minimum absolute atomic E-state index is 0.171. The van der Waals surface area contributed by atoms with Crippen LogP contribution in [-0.2, 0) is 4.79 Å². The molecule has 0 aromatic heterocycles. The van der Waals surface area contributed by atoms with E-state index < -0.39 is 11.9 Å². The maximum atomic E-state index is 13.0. The predicted octanol–water partition coefficient (Wildman–Crippen LogP) is 4.64. The first kappa shape index (κ1) is 16.6. The van der Waals surface area contributed by atoms with Gasteiger partial charge in [-0.1, -0.05) is 17.7 Å². The fraction of sp³-hybridized carbons (Fsp3) is 0.188. The van der Waals surface area contributed by atoms with Crippen LogP contribution in [0.3, 0.4) is 0 Å². The van der Waals surface area contributed by atoms with Crippen LogP contribution in [0.2, 0.25) is 5.02 Å². The van der Waals surface area contributed by atoms with Crippen LogP contribution < -0.4 is 10.6 Å². The zero-order valence-corrected chi connectivity index (χ0v) is 13.8. The van der Waals surface area contributed by atoms with Gasteiger partial charge in [-0.15, -0.1) is 11.8 Å². The van der Waals surface area contributed by atoms with Crippen molar-refractivity contribution < 1.29 is 9.18 Å². The molecule has 6 heteroatoms. The van der Waals surface area contributed by atoms with Crippen molar-refractivity contribution in [2.24, 2.45) is 0 Å². The summed E-state index contributed by atoms with van der Waals surface area (Å²) in [4.78, 5) is 13.3. The van der Waals surface area contributed by atoms with Crippen LogP contribution in [0.25, 0.3) is 0 Å². The Morgan fingerprint density at radius 2 is 2.05 bits per heavy atom. The number of amides is 1. The molecule has 0 heterocycles. The highest BCUT2D eigenvalue weighted by atomic mass is 35.5. The van der Waals surface area contributed by atoms with E-state index in [4.69, 9.17) is 11.6 Å². The molecule has 0 aliphatic heterocycles. The smallest absolute Gasteiger partial charge is 0.246 e. The van der Waals surface area contributed by atoms with Crippen molar-refractivity contribution in [2.45, 2.75) is 17.9 Å². The number of nitrogens with one attached hydrogen (secondary N) is 2. The van der Waals surface area contributed by atoms with E-state index >= 15 is 0 Å². The molecule has 0 aliphatic carbocycles. The Labute approximate surface area is 138 Å². The van der Waals surface area contributed by atoms with Gasteiger partial charge in [0.25, 0.3) is 0 Å². The number of anilines is 2. The second kappa shape index (κ2) is 7.51. The van der Waals surface area contributed by atoms with Gasteiger partial charge in [-0.3, -0.25) is 4.79 Å². The number of carbonyl (C=O) groups excluding carboxylic acids is 1. The fourth-order valence-electron chi connectivity index (χ4n) is 1.86. The third kappa shape index (κ3) is 4.39. The summed E-state index contributed by atoms with van der Waals surface area (Å²) in [6.45, 7) is 1.75. The molecule has 2 aromatic rings. The maximum Gasteiger partial charge on any atom is 0.246 e. The van der Waals surface area contributed by atoms with Gasteiger partial charge in [0, 0.05) is 10.6 Å². The van der Waals surface area contributed by atoms with Crippen LogP contribution in [-0.4, -0.2) is 18.2 Å². The Morgan fingerprint density at radius 1 is 1.27 bits per heavy atom. The van der Waals surface area contributed by atoms with E-state index in [2.05, 4.69) is 10.6 Å². The van der Waals surface area contributed by atoms with Crippen molar-refractivity contribution >= 4 is 40.6 Å². The molecule has 1 unspecified atom stereocenters. The van der Waals surface area contributed by atoms with Gasteiger partial charge in [0.15, 0.2) is 0 Å². The summed E-state index contributed by atoms with van der Waals surface area (Å²) in [6, 6.07) is 11.2. The summed E-state index contributed by atoms with van der Waals surface area (Å²) in [5.74, 6) is -0.689. The summed E-state index contributed by atoms with van der Waals surface area (Å²) >= 11 is 7.53. The van der Waals surface area contributed by atoms with Crippen LogP contribution in [0, 0.1) is 5.82 Å². The van der Waals surface area contributed by atoms with E-state index in [0.717, 1.165) is 16.6 Å². The van der Waals surface area contributed by atoms with Gasteiger partial charge in [0.1, 0.15) is 11.9 Å². The number of thioether (sulfide) groups is 1. The first-order valence-electron chi connectivity index (χ1n) is 6.66. The third-order valence-corrected chi connectivity index (χ3v) is 4.07. The molecule has 1 amide bonds. The summed E-state index contributed by atoms with van der Waals surface area (Å²) < 4.78 is 13.0. The molecule has 2 aromatic carbocycles. The Kier molecular flexibility index (Phi) is 5.69. The lowest BCUT2D eigenvalue weighted by Crippen LogP contribution is -2.31. The average Bonchev–Trinajstić information content (AvgIpc) is 2.50. The van der Waals surface area contributed by atoms with Gasteiger partial charge in [0.2, 0.25) is 5.91 Å². The van der Waals surface area contributed by atoms with Crippen molar-refractivity contribution in [3.63, 3.8) is 0 Å². The SMILES string of the molecule is CSc1cccc(NC(C)C(=O)Nc2ccc(F)cc2Cl)c1. The van der Waals surface area contributed by atoms with E-state index in [1.807, 2.05) is 30.5 Å². The molecule has 1 atom stereocenters. The topological polar surface area (TPSA) is 41.1 Å². The zero-order valence-electron chi connectivity index (χ0n) is 12.2. The standard InChI is InChI=1S/C16H16ClFN2OS/c1-10(19-12-4-3-5-13(9-12)22-2)16(21)20-15-7-6-11(18)8-14(15)17/h3-10,19H,1-2H3,(H,20,21). The number of rotatable bonds is 5. The molecular formula is C16H16ClFN2OS. The molecule has 2 rings (SSSR count). The van der Waals surface area contributed by atoms with Crippen molar-refractivity contribution in [2.75, 3.05) is 16.9 Å². The molecule has 0 spiro atoms. The van der Waals surface area contributed by atoms with E-state index in [1.165, 1.54) is 12.1 Å². The lowest BCUT2D eigenvalue weighted by atomic mass is 10.2. The predicted molar refractivity (Wildman–Crippen MR) is 91.3 cm³/mol. The summed E-state index contributed by atoms with van der Waals surface area (Å²) in [6.07, 6.45) is 1.99. The normalized spacial score (nSPS) is 11.8. The molecule has 0 aliphatic rings. The number of halogens is 2. The molecule has 0 saturated carbocycles. The first-order chi connectivity index (χ1) is 10.5. The lowest BCUT2D eigenvalue weighted by molar-refractivity contribution is -0.116. The zero-order chi connectivity index (χ0) is 16.1. The lowest BCUT2D eigenvalue weighted by Gasteiger charge is -2.16. The summed E-state index contributed by atoms with van der Waals surface area (Å²) in [5.41, 5.74) is 1.25. The number of hydrogen-bond donors (Lipinski definition) is 2. The number of carbonyl (C=O) groups is 1. The minimum atomic E-state index is -0.460. The maximum absolute atomic E-state index is 13.0. The van der Waals surface area contributed by atoms with Crippen molar-refractivity contribution in [1.29, 1.82) is 0 Å². The molecule has 2 N–H and O–H groups in total. The van der Waals surface area contributed by atoms with Crippen LogP contribution in [0.15, 0.2) is 47.4 Å². The Hall–Kier alpha value is -1.72. The average molecular weight is 339 g/mol. The highest BCUT2D eigenvalue weighted by molar-refractivity contribution is 7.98. The van der Waals surface area contributed by atoms with E-state index in [0.29, 0.717) is 5.69 Å². The molecule has 0 fully saturated rings. The van der Waals surface area contributed by atoms with E-state index in [1.54, 1.807) is 18.7 Å². The van der Waals surface area contributed by atoms with Crippen LogP contribution in [0.5, 0.6) is 0 Å². The van der Waals surface area contributed by atoms with Gasteiger partial charge in [0.05, 0.1) is 10.7 Å². The summed E-state index contributed by atoms with van der Waals surface area (Å²) in [5, 5.41) is 5.98. The van der Waals surface area contributed by atoms with Gasteiger partial charge in [-0.05, 0) is 49.6 Å². The van der Waals surface area contributed by atoms with Gasteiger partial charge >= 0.3 is 0 Å². The van der Waals surface area contributed by atoms with Crippen LogP contribution in [0.4, 0.5) is 15.8 Å². The minimum Gasteiger partial charge on any atom is -0.374 e. The number of benzene rings is 2. The Balaban J connectivity index is 2.02. The van der Waals surface area contributed by atoms with Gasteiger partial charge in [-0.25, -0.2) is 4.39 Å². The monoisotopic (exact) mass is 338 g/mol. The number of hydrogen-bond acceptors (Lipinski definition) is 3. The quantitative estimate of drug-likeness (QED) is 0.780. The molecule has 0 saturated heterocycles. The Bertz CT molecular complexity index is 681. The second-order valence-electron chi connectivity index (χ2n) is 4.71. The molecule has 22 heavy (non-hydrogen) atoms. The van der Waals surface area contributed by atoms with E-state index in [9.17, 15) is 9.18 Å². The molecule has 116 valence electrons. The van der Waals surface area contributed by atoms with E-state index in [-0.39, 0.29) is 10.9 Å².